The highest BCUT2D eigenvalue weighted by molar-refractivity contribution is 5.55. The number of aldehydes is 1. The van der Waals surface area contributed by atoms with Gasteiger partial charge in [-0.15, -0.1) is 0 Å². The van der Waals surface area contributed by atoms with Gasteiger partial charge in [0.05, 0.1) is 14.2 Å². The fourth-order valence-corrected chi connectivity index (χ4v) is 1.72. The molecule has 94 valence electrons. The average Bonchev–Trinajstić information content (AvgIpc) is 2.35. The van der Waals surface area contributed by atoms with Crippen LogP contribution in [-0.2, 0) is 11.2 Å². The second-order valence-electron chi connectivity index (χ2n) is 4.44. The number of ether oxygens (including phenoxy) is 2. The van der Waals surface area contributed by atoms with E-state index in [1.54, 1.807) is 14.2 Å². The predicted octanol–water partition coefficient (Wildman–Crippen LogP) is 2.72. The molecule has 0 heterocycles. The first-order valence-electron chi connectivity index (χ1n) is 5.78. The Balaban J connectivity index is 2.88. The van der Waals surface area contributed by atoms with E-state index in [0.717, 1.165) is 18.3 Å². The Hall–Kier alpha value is -1.51. The maximum atomic E-state index is 11.0. The zero-order valence-electron chi connectivity index (χ0n) is 10.9. The monoisotopic (exact) mass is 236 g/mol. The summed E-state index contributed by atoms with van der Waals surface area (Å²) in [5, 5.41) is 0. The molecule has 0 bridgehead atoms. The van der Waals surface area contributed by atoms with Crippen LogP contribution in [0.25, 0.3) is 0 Å². The molecule has 0 fully saturated rings. The first-order valence-corrected chi connectivity index (χ1v) is 5.78. The number of rotatable bonds is 6. The molecule has 0 aliphatic carbocycles. The molecular formula is C14H20O3. The summed E-state index contributed by atoms with van der Waals surface area (Å²) in [5.74, 6) is 1.82. The Bertz CT molecular complexity index is 372. The van der Waals surface area contributed by atoms with E-state index in [1.165, 1.54) is 0 Å². The molecule has 1 aromatic carbocycles. The third-order valence-electron chi connectivity index (χ3n) is 2.95. The van der Waals surface area contributed by atoms with Gasteiger partial charge < -0.3 is 14.3 Å². The van der Waals surface area contributed by atoms with Crippen LogP contribution in [0.15, 0.2) is 18.2 Å². The fourth-order valence-electron chi connectivity index (χ4n) is 1.72. The van der Waals surface area contributed by atoms with Crippen molar-refractivity contribution >= 4 is 6.29 Å². The Morgan fingerprint density at radius 1 is 1.18 bits per heavy atom. The van der Waals surface area contributed by atoms with Crippen molar-refractivity contribution in [2.75, 3.05) is 14.2 Å². The van der Waals surface area contributed by atoms with Gasteiger partial charge in [-0.2, -0.15) is 0 Å². The molecule has 0 unspecified atom stereocenters. The molecule has 1 atom stereocenters. The molecule has 0 N–H and O–H groups in total. The summed E-state index contributed by atoms with van der Waals surface area (Å²) in [7, 11) is 3.22. The maximum absolute atomic E-state index is 11.0. The van der Waals surface area contributed by atoms with Crippen LogP contribution in [0.4, 0.5) is 0 Å². The molecule has 0 aliphatic heterocycles. The van der Waals surface area contributed by atoms with Gasteiger partial charge in [-0.05, 0) is 30.0 Å². The zero-order chi connectivity index (χ0) is 12.8. The molecule has 0 aliphatic rings. The maximum Gasteiger partial charge on any atom is 0.160 e. The lowest BCUT2D eigenvalue weighted by atomic mass is 9.90. The van der Waals surface area contributed by atoms with E-state index in [0.29, 0.717) is 17.4 Å². The second-order valence-corrected chi connectivity index (χ2v) is 4.44. The largest absolute Gasteiger partial charge is 0.493 e. The minimum absolute atomic E-state index is 0.0492. The van der Waals surface area contributed by atoms with Crippen molar-refractivity contribution in [3.8, 4) is 11.5 Å². The van der Waals surface area contributed by atoms with Gasteiger partial charge in [-0.25, -0.2) is 0 Å². The van der Waals surface area contributed by atoms with Gasteiger partial charge in [0.2, 0.25) is 0 Å². The van der Waals surface area contributed by atoms with Gasteiger partial charge in [-0.1, -0.05) is 19.9 Å². The molecule has 0 amide bonds. The van der Waals surface area contributed by atoms with Crippen LogP contribution in [-0.4, -0.2) is 20.5 Å². The van der Waals surface area contributed by atoms with Crippen LogP contribution in [0, 0.1) is 11.8 Å². The summed E-state index contributed by atoms with van der Waals surface area (Å²) in [6, 6.07) is 5.77. The van der Waals surface area contributed by atoms with E-state index in [-0.39, 0.29) is 5.92 Å². The Morgan fingerprint density at radius 3 is 2.29 bits per heavy atom. The van der Waals surface area contributed by atoms with Gasteiger partial charge in [0.15, 0.2) is 11.5 Å². The van der Waals surface area contributed by atoms with Crippen molar-refractivity contribution < 1.29 is 14.3 Å². The fraction of sp³-hybridized carbons (Fsp3) is 0.500. The van der Waals surface area contributed by atoms with E-state index in [1.807, 2.05) is 18.2 Å². The zero-order valence-corrected chi connectivity index (χ0v) is 10.9. The van der Waals surface area contributed by atoms with Crippen molar-refractivity contribution in [3.63, 3.8) is 0 Å². The lowest BCUT2D eigenvalue weighted by molar-refractivity contribution is -0.112. The molecule has 0 aromatic heterocycles. The number of methoxy groups -OCH3 is 2. The van der Waals surface area contributed by atoms with Crippen molar-refractivity contribution in [1.82, 2.24) is 0 Å². The topological polar surface area (TPSA) is 35.5 Å². The highest BCUT2D eigenvalue weighted by atomic mass is 16.5. The Kier molecular flexibility index (Phi) is 5.01. The van der Waals surface area contributed by atoms with Gasteiger partial charge in [-0.3, -0.25) is 0 Å². The number of carbonyl (C=O) groups excluding carboxylic acids is 1. The third kappa shape index (κ3) is 3.48. The lowest BCUT2D eigenvalue weighted by Crippen LogP contribution is -2.13. The van der Waals surface area contributed by atoms with Crippen LogP contribution in [0.3, 0.4) is 0 Å². The minimum atomic E-state index is 0.0492. The molecule has 3 nitrogen and oxygen atoms in total. The van der Waals surface area contributed by atoms with E-state index in [9.17, 15) is 4.79 Å². The van der Waals surface area contributed by atoms with Gasteiger partial charge >= 0.3 is 0 Å². The number of carbonyl (C=O) groups is 1. The second kappa shape index (κ2) is 6.28. The van der Waals surface area contributed by atoms with Gasteiger partial charge in [0.1, 0.15) is 6.29 Å². The van der Waals surface area contributed by atoms with Crippen LogP contribution in [0.1, 0.15) is 19.4 Å². The quantitative estimate of drug-likeness (QED) is 0.712. The van der Waals surface area contributed by atoms with Crippen molar-refractivity contribution in [2.45, 2.75) is 20.3 Å². The molecule has 17 heavy (non-hydrogen) atoms. The van der Waals surface area contributed by atoms with E-state index in [4.69, 9.17) is 9.47 Å². The first kappa shape index (κ1) is 13.6. The Labute approximate surface area is 103 Å². The van der Waals surface area contributed by atoms with Crippen LogP contribution < -0.4 is 9.47 Å². The van der Waals surface area contributed by atoms with Crippen molar-refractivity contribution in [3.05, 3.63) is 23.8 Å². The van der Waals surface area contributed by atoms with Crippen molar-refractivity contribution in [2.24, 2.45) is 11.8 Å². The highest BCUT2D eigenvalue weighted by Gasteiger charge is 2.14. The predicted molar refractivity (Wildman–Crippen MR) is 67.6 cm³/mol. The Morgan fingerprint density at radius 2 is 1.82 bits per heavy atom. The molecular weight excluding hydrogens is 216 g/mol. The number of hydrogen-bond acceptors (Lipinski definition) is 3. The molecule has 0 saturated carbocycles. The van der Waals surface area contributed by atoms with E-state index >= 15 is 0 Å². The van der Waals surface area contributed by atoms with E-state index < -0.39 is 0 Å². The van der Waals surface area contributed by atoms with Crippen LogP contribution in [0.2, 0.25) is 0 Å². The molecule has 0 spiro atoms. The summed E-state index contributed by atoms with van der Waals surface area (Å²) in [6.07, 6.45) is 1.77. The lowest BCUT2D eigenvalue weighted by Gasteiger charge is -2.15. The molecule has 1 aromatic rings. The summed E-state index contributed by atoms with van der Waals surface area (Å²) < 4.78 is 10.4. The first-order chi connectivity index (χ1) is 8.12. The molecule has 0 radical (unpaired) electrons. The molecule has 0 saturated heterocycles. The third-order valence-corrected chi connectivity index (χ3v) is 2.95. The normalized spacial score (nSPS) is 12.3. The van der Waals surface area contributed by atoms with E-state index in [2.05, 4.69) is 13.8 Å². The summed E-state index contributed by atoms with van der Waals surface area (Å²) in [6.45, 7) is 4.11. The minimum Gasteiger partial charge on any atom is -0.493 e. The van der Waals surface area contributed by atoms with Gasteiger partial charge in [0, 0.05) is 5.92 Å². The average molecular weight is 236 g/mol. The number of benzene rings is 1. The number of hydrogen-bond donors (Lipinski definition) is 0. The highest BCUT2D eigenvalue weighted by Crippen LogP contribution is 2.29. The molecule has 3 heteroatoms. The van der Waals surface area contributed by atoms with Crippen LogP contribution >= 0.6 is 0 Å². The van der Waals surface area contributed by atoms with Crippen LogP contribution in [0.5, 0.6) is 11.5 Å². The molecule has 1 rings (SSSR count). The summed E-state index contributed by atoms with van der Waals surface area (Å²) in [5.41, 5.74) is 1.09. The van der Waals surface area contributed by atoms with Crippen molar-refractivity contribution in [1.29, 1.82) is 0 Å². The smallest absolute Gasteiger partial charge is 0.160 e. The van der Waals surface area contributed by atoms with Gasteiger partial charge in [0.25, 0.3) is 0 Å². The summed E-state index contributed by atoms with van der Waals surface area (Å²) in [4.78, 5) is 11.0. The SMILES string of the molecule is COc1ccc(C[C@@H](C=O)C(C)C)cc1OC. The standard InChI is InChI=1S/C14H20O3/c1-10(2)12(9-15)7-11-5-6-13(16-3)14(8-11)17-4/h5-6,8-10,12H,7H2,1-4H3/t12-/m0/s1. The summed E-state index contributed by atoms with van der Waals surface area (Å²) >= 11 is 0.